The molecule has 0 radical (unpaired) electrons. The molecule has 0 spiro atoms. The minimum Gasteiger partial charge on any atom is -0.467 e. The molecular formula is C15H18N4O2. The SMILES string of the molecule is Cc1nc(C(=O)NCc2ccco2)cc(N2CCCC2)n1. The van der Waals surface area contributed by atoms with Gasteiger partial charge in [-0.25, -0.2) is 9.97 Å². The standard InChI is InChI=1S/C15H18N4O2/c1-11-17-13(9-14(18-11)19-6-2-3-7-19)15(20)16-10-12-5-4-8-21-12/h4-5,8-9H,2-3,6-7,10H2,1H3,(H,16,20). The highest BCUT2D eigenvalue weighted by Gasteiger charge is 2.17. The van der Waals surface area contributed by atoms with Crippen molar-refractivity contribution in [1.82, 2.24) is 15.3 Å². The van der Waals surface area contributed by atoms with Gasteiger partial charge in [0.05, 0.1) is 12.8 Å². The normalized spacial score (nSPS) is 14.4. The van der Waals surface area contributed by atoms with E-state index in [-0.39, 0.29) is 5.91 Å². The van der Waals surface area contributed by atoms with Gasteiger partial charge in [-0.15, -0.1) is 0 Å². The van der Waals surface area contributed by atoms with Gasteiger partial charge in [-0.2, -0.15) is 0 Å². The lowest BCUT2D eigenvalue weighted by Crippen LogP contribution is -2.26. The Morgan fingerprint density at radius 1 is 1.38 bits per heavy atom. The third-order valence-electron chi connectivity index (χ3n) is 3.49. The minimum atomic E-state index is -0.211. The van der Waals surface area contributed by atoms with Gasteiger partial charge in [0.1, 0.15) is 23.1 Å². The number of carbonyl (C=O) groups is 1. The van der Waals surface area contributed by atoms with Crippen LogP contribution >= 0.6 is 0 Å². The predicted molar refractivity (Wildman–Crippen MR) is 78.1 cm³/mol. The first kappa shape index (κ1) is 13.6. The molecule has 3 rings (SSSR count). The van der Waals surface area contributed by atoms with Crippen LogP contribution in [-0.4, -0.2) is 29.0 Å². The zero-order chi connectivity index (χ0) is 14.7. The molecule has 1 aliphatic heterocycles. The Morgan fingerprint density at radius 3 is 2.90 bits per heavy atom. The molecule has 6 heteroatoms. The Balaban J connectivity index is 1.72. The van der Waals surface area contributed by atoms with Crippen molar-refractivity contribution >= 4 is 11.7 Å². The molecule has 0 unspecified atom stereocenters. The van der Waals surface area contributed by atoms with Crippen LogP contribution in [0.15, 0.2) is 28.9 Å². The Morgan fingerprint density at radius 2 is 2.19 bits per heavy atom. The maximum atomic E-state index is 12.2. The second-order valence-electron chi connectivity index (χ2n) is 5.11. The number of hydrogen-bond donors (Lipinski definition) is 1. The minimum absolute atomic E-state index is 0.211. The topological polar surface area (TPSA) is 71.3 Å². The summed E-state index contributed by atoms with van der Waals surface area (Å²) in [7, 11) is 0. The van der Waals surface area contributed by atoms with Crippen LogP contribution in [0, 0.1) is 6.92 Å². The number of nitrogens with one attached hydrogen (secondary N) is 1. The summed E-state index contributed by atoms with van der Waals surface area (Å²) in [6.07, 6.45) is 3.92. The second kappa shape index (κ2) is 5.95. The molecule has 2 aromatic rings. The summed E-state index contributed by atoms with van der Waals surface area (Å²) >= 11 is 0. The van der Waals surface area contributed by atoms with Gasteiger partial charge >= 0.3 is 0 Å². The molecular weight excluding hydrogens is 268 g/mol. The second-order valence-corrected chi connectivity index (χ2v) is 5.11. The molecule has 1 N–H and O–H groups in total. The zero-order valence-electron chi connectivity index (χ0n) is 12.0. The highest BCUT2D eigenvalue weighted by atomic mass is 16.3. The molecule has 21 heavy (non-hydrogen) atoms. The highest BCUT2D eigenvalue weighted by molar-refractivity contribution is 5.92. The number of hydrogen-bond acceptors (Lipinski definition) is 5. The summed E-state index contributed by atoms with van der Waals surface area (Å²) in [6, 6.07) is 5.37. The number of aryl methyl sites for hydroxylation is 1. The van der Waals surface area contributed by atoms with E-state index in [1.165, 1.54) is 12.8 Å². The number of nitrogens with zero attached hydrogens (tertiary/aromatic N) is 3. The maximum Gasteiger partial charge on any atom is 0.270 e. The monoisotopic (exact) mass is 286 g/mol. The van der Waals surface area contributed by atoms with Crippen LogP contribution in [0.5, 0.6) is 0 Å². The summed E-state index contributed by atoms with van der Waals surface area (Å²) in [5.41, 5.74) is 0.399. The van der Waals surface area contributed by atoms with E-state index in [1.54, 1.807) is 18.4 Å². The molecule has 0 bridgehead atoms. The van der Waals surface area contributed by atoms with E-state index in [0.717, 1.165) is 18.9 Å². The molecule has 0 atom stereocenters. The molecule has 0 aromatic carbocycles. The first-order chi connectivity index (χ1) is 10.2. The summed E-state index contributed by atoms with van der Waals surface area (Å²) < 4.78 is 5.19. The summed E-state index contributed by atoms with van der Waals surface area (Å²) in [6.45, 7) is 4.14. The Bertz CT molecular complexity index is 619. The van der Waals surface area contributed by atoms with Gasteiger partial charge < -0.3 is 14.6 Å². The van der Waals surface area contributed by atoms with Crippen molar-refractivity contribution < 1.29 is 9.21 Å². The first-order valence-electron chi connectivity index (χ1n) is 7.13. The third-order valence-corrected chi connectivity index (χ3v) is 3.49. The number of furan rings is 1. The van der Waals surface area contributed by atoms with Gasteiger partial charge in [-0.1, -0.05) is 0 Å². The number of rotatable bonds is 4. The fourth-order valence-corrected chi connectivity index (χ4v) is 2.45. The van der Waals surface area contributed by atoms with Crippen molar-refractivity contribution in [3.63, 3.8) is 0 Å². The number of aromatic nitrogens is 2. The lowest BCUT2D eigenvalue weighted by Gasteiger charge is -2.17. The first-order valence-corrected chi connectivity index (χ1v) is 7.13. The van der Waals surface area contributed by atoms with E-state index in [4.69, 9.17) is 4.42 Å². The largest absolute Gasteiger partial charge is 0.467 e. The van der Waals surface area contributed by atoms with Gasteiger partial charge in [-0.05, 0) is 31.9 Å². The van der Waals surface area contributed by atoms with Crippen LogP contribution in [0.4, 0.5) is 5.82 Å². The average Bonchev–Trinajstić information content (AvgIpc) is 3.17. The predicted octanol–water partition coefficient (Wildman–Crippen LogP) is 1.91. The van der Waals surface area contributed by atoms with Gasteiger partial charge in [0, 0.05) is 19.2 Å². The van der Waals surface area contributed by atoms with Crippen molar-refractivity contribution in [3.05, 3.63) is 41.7 Å². The van der Waals surface area contributed by atoms with E-state index in [1.807, 2.05) is 13.0 Å². The van der Waals surface area contributed by atoms with Crippen LogP contribution in [0.1, 0.15) is 34.9 Å². The Labute approximate surface area is 123 Å². The van der Waals surface area contributed by atoms with E-state index in [2.05, 4.69) is 20.2 Å². The number of carbonyl (C=O) groups excluding carboxylic acids is 1. The molecule has 1 aliphatic rings. The van der Waals surface area contributed by atoms with Crippen molar-refractivity contribution in [2.45, 2.75) is 26.3 Å². The van der Waals surface area contributed by atoms with E-state index >= 15 is 0 Å². The van der Waals surface area contributed by atoms with E-state index < -0.39 is 0 Å². The van der Waals surface area contributed by atoms with Crippen LogP contribution in [0.3, 0.4) is 0 Å². The third kappa shape index (κ3) is 3.21. The van der Waals surface area contributed by atoms with Gasteiger partial charge in [0.25, 0.3) is 5.91 Å². The number of amides is 1. The summed E-state index contributed by atoms with van der Waals surface area (Å²) in [4.78, 5) is 23.0. The molecule has 1 fully saturated rings. The average molecular weight is 286 g/mol. The molecule has 1 amide bonds. The molecule has 6 nitrogen and oxygen atoms in total. The van der Waals surface area contributed by atoms with E-state index in [0.29, 0.717) is 23.8 Å². The lowest BCUT2D eigenvalue weighted by molar-refractivity contribution is 0.0942. The summed E-state index contributed by atoms with van der Waals surface area (Å²) in [5.74, 6) is 1.96. The van der Waals surface area contributed by atoms with Crippen LogP contribution in [0.2, 0.25) is 0 Å². The van der Waals surface area contributed by atoms with Crippen molar-refractivity contribution in [2.24, 2.45) is 0 Å². The lowest BCUT2D eigenvalue weighted by atomic mass is 10.3. The number of anilines is 1. The molecule has 2 aromatic heterocycles. The van der Waals surface area contributed by atoms with Crippen LogP contribution < -0.4 is 10.2 Å². The fourth-order valence-electron chi connectivity index (χ4n) is 2.45. The van der Waals surface area contributed by atoms with Crippen molar-refractivity contribution in [1.29, 1.82) is 0 Å². The Kier molecular flexibility index (Phi) is 3.85. The van der Waals surface area contributed by atoms with Crippen molar-refractivity contribution in [2.75, 3.05) is 18.0 Å². The van der Waals surface area contributed by atoms with Gasteiger partial charge in [-0.3, -0.25) is 4.79 Å². The molecule has 0 aliphatic carbocycles. The maximum absolute atomic E-state index is 12.2. The van der Waals surface area contributed by atoms with Gasteiger partial charge in [0.2, 0.25) is 0 Å². The van der Waals surface area contributed by atoms with E-state index in [9.17, 15) is 4.79 Å². The summed E-state index contributed by atoms with van der Waals surface area (Å²) in [5, 5.41) is 2.80. The molecule has 3 heterocycles. The fraction of sp³-hybridized carbons (Fsp3) is 0.400. The molecule has 0 saturated carbocycles. The molecule has 110 valence electrons. The Hall–Kier alpha value is -2.37. The smallest absolute Gasteiger partial charge is 0.270 e. The van der Waals surface area contributed by atoms with Crippen LogP contribution in [-0.2, 0) is 6.54 Å². The quantitative estimate of drug-likeness (QED) is 0.929. The highest BCUT2D eigenvalue weighted by Crippen LogP contribution is 2.18. The van der Waals surface area contributed by atoms with Crippen LogP contribution in [0.25, 0.3) is 0 Å². The van der Waals surface area contributed by atoms with Crippen molar-refractivity contribution in [3.8, 4) is 0 Å². The molecule has 1 saturated heterocycles. The van der Waals surface area contributed by atoms with Gasteiger partial charge in [0.15, 0.2) is 0 Å². The zero-order valence-corrected chi connectivity index (χ0v) is 12.0.